The van der Waals surface area contributed by atoms with E-state index in [9.17, 15) is 13.6 Å². The van der Waals surface area contributed by atoms with E-state index in [1.165, 1.54) is 6.07 Å². The molecular weight excluding hydrogens is 264 g/mol. The van der Waals surface area contributed by atoms with Gasteiger partial charge in [0.15, 0.2) is 11.6 Å². The highest BCUT2D eigenvalue weighted by Crippen LogP contribution is 2.29. The first-order valence-electron chi connectivity index (χ1n) is 6.94. The highest BCUT2D eigenvalue weighted by Gasteiger charge is 2.27. The fourth-order valence-electron chi connectivity index (χ4n) is 2.79. The SMILES string of the molecule is CCC(CC1CCN(c2ccc(F)c(F)c2)C1)C(=O)O. The van der Waals surface area contributed by atoms with Gasteiger partial charge in [-0.2, -0.15) is 0 Å². The molecule has 2 atom stereocenters. The number of anilines is 1. The van der Waals surface area contributed by atoms with Crippen LogP contribution in [0.5, 0.6) is 0 Å². The van der Waals surface area contributed by atoms with Gasteiger partial charge in [-0.25, -0.2) is 8.78 Å². The van der Waals surface area contributed by atoms with Crippen molar-refractivity contribution in [2.45, 2.75) is 26.2 Å². The average molecular weight is 283 g/mol. The van der Waals surface area contributed by atoms with Crippen molar-refractivity contribution >= 4 is 11.7 Å². The van der Waals surface area contributed by atoms with Gasteiger partial charge >= 0.3 is 5.97 Å². The summed E-state index contributed by atoms with van der Waals surface area (Å²) in [6.07, 6.45) is 2.16. The lowest BCUT2D eigenvalue weighted by molar-refractivity contribution is -0.142. The zero-order chi connectivity index (χ0) is 14.7. The molecule has 5 heteroatoms. The number of carbonyl (C=O) groups is 1. The molecule has 1 aromatic rings. The normalized spacial score (nSPS) is 20.1. The summed E-state index contributed by atoms with van der Waals surface area (Å²) >= 11 is 0. The molecule has 0 saturated carbocycles. The summed E-state index contributed by atoms with van der Waals surface area (Å²) in [6, 6.07) is 3.89. The summed E-state index contributed by atoms with van der Waals surface area (Å²) in [4.78, 5) is 13.0. The lowest BCUT2D eigenvalue weighted by atomic mass is 9.92. The maximum Gasteiger partial charge on any atom is 0.306 e. The molecule has 3 nitrogen and oxygen atoms in total. The van der Waals surface area contributed by atoms with Gasteiger partial charge in [0.25, 0.3) is 0 Å². The highest BCUT2D eigenvalue weighted by molar-refractivity contribution is 5.69. The van der Waals surface area contributed by atoms with Crippen LogP contribution < -0.4 is 4.90 Å². The minimum absolute atomic E-state index is 0.296. The smallest absolute Gasteiger partial charge is 0.306 e. The van der Waals surface area contributed by atoms with Crippen LogP contribution in [0.2, 0.25) is 0 Å². The van der Waals surface area contributed by atoms with Crippen molar-refractivity contribution in [3.63, 3.8) is 0 Å². The molecule has 1 aliphatic heterocycles. The van der Waals surface area contributed by atoms with Crippen molar-refractivity contribution in [2.24, 2.45) is 11.8 Å². The zero-order valence-corrected chi connectivity index (χ0v) is 11.5. The topological polar surface area (TPSA) is 40.5 Å². The van der Waals surface area contributed by atoms with Crippen LogP contribution in [0.15, 0.2) is 18.2 Å². The number of hydrogen-bond donors (Lipinski definition) is 1. The van der Waals surface area contributed by atoms with Crippen LogP contribution >= 0.6 is 0 Å². The van der Waals surface area contributed by atoms with Gasteiger partial charge in [-0.1, -0.05) is 6.92 Å². The van der Waals surface area contributed by atoms with Gasteiger partial charge in [0.05, 0.1) is 5.92 Å². The zero-order valence-electron chi connectivity index (χ0n) is 11.5. The predicted molar refractivity (Wildman–Crippen MR) is 72.7 cm³/mol. The van der Waals surface area contributed by atoms with E-state index < -0.39 is 17.6 Å². The standard InChI is InChI=1S/C15H19F2NO2/c1-2-11(15(19)20)7-10-5-6-18(9-10)12-3-4-13(16)14(17)8-12/h3-4,8,10-11H,2,5-7,9H2,1H3,(H,19,20). The Morgan fingerprint density at radius 1 is 1.45 bits per heavy atom. The number of hydrogen-bond acceptors (Lipinski definition) is 2. The maximum atomic E-state index is 13.2. The number of rotatable bonds is 5. The summed E-state index contributed by atoms with van der Waals surface area (Å²) in [6.45, 7) is 3.33. The fraction of sp³-hybridized carbons (Fsp3) is 0.533. The number of carboxylic acids is 1. The molecule has 110 valence electrons. The van der Waals surface area contributed by atoms with Crippen molar-refractivity contribution in [1.82, 2.24) is 0 Å². The Morgan fingerprint density at radius 2 is 2.20 bits per heavy atom. The molecule has 20 heavy (non-hydrogen) atoms. The van der Waals surface area contributed by atoms with E-state index in [0.717, 1.165) is 19.0 Å². The Morgan fingerprint density at radius 3 is 2.80 bits per heavy atom. The monoisotopic (exact) mass is 283 g/mol. The Hall–Kier alpha value is -1.65. The lowest BCUT2D eigenvalue weighted by Gasteiger charge is -2.20. The van der Waals surface area contributed by atoms with Crippen LogP contribution in [0, 0.1) is 23.5 Å². The number of benzene rings is 1. The molecule has 1 N–H and O–H groups in total. The third kappa shape index (κ3) is 3.26. The van der Waals surface area contributed by atoms with Crippen LogP contribution in [0.4, 0.5) is 14.5 Å². The fourth-order valence-corrected chi connectivity index (χ4v) is 2.79. The molecule has 0 radical (unpaired) electrons. The van der Waals surface area contributed by atoms with Gasteiger partial charge in [-0.05, 0) is 37.3 Å². The Balaban J connectivity index is 1.98. The summed E-state index contributed by atoms with van der Waals surface area (Å²) in [5, 5.41) is 9.08. The van der Waals surface area contributed by atoms with Crippen LogP contribution in [0.1, 0.15) is 26.2 Å². The molecule has 1 saturated heterocycles. The van der Waals surface area contributed by atoms with Gasteiger partial charge in [-0.15, -0.1) is 0 Å². The van der Waals surface area contributed by atoms with Crippen LogP contribution in [0.3, 0.4) is 0 Å². The molecule has 1 fully saturated rings. The van der Waals surface area contributed by atoms with E-state index in [0.29, 0.717) is 31.0 Å². The van der Waals surface area contributed by atoms with Gasteiger partial charge in [0, 0.05) is 24.8 Å². The first-order valence-corrected chi connectivity index (χ1v) is 6.94. The van der Waals surface area contributed by atoms with E-state index in [-0.39, 0.29) is 5.92 Å². The summed E-state index contributed by atoms with van der Waals surface area (Å²) in [7, 11) is 0. The Labute approximate surface area is 117 Å². The van der Waals surface area contributed by atoms with Crippen molar-refractivity contribution < 1.29 is 18.7 Å². The average Bonchev–Trinajstić information content (AvgIpc) is 2.87. The minimum atomic E-state index is -0.846. The molecule has 1 aliphatic rings. The molecule has 2 rings (SSSR count). The Kier molecular flexibility index (Phi) is 4.57. The van der Waals surface area contributed by atoms with E-state index in [1.54, 1.807) is 6.07 Å². The van der Waals surface area contributed by atoms with Crippen LogP contribution in [-0.2, 0) is 4.79 Å². The number of halogens is 2. The maximum absolute atomic E-state index is 13.2. The summed E-state index contributed by atoms with van der Waals surface area (Å²) in [5.74, 6) is -2.46. The van der Waals surface area contributed by atoms with Gasteiger partial charge in [0.2, 0.25) is 0 Å². The van der Waals surface area contributed by atoms with Crippen molar-refractivity contribution in [3.05, 3.63) is 29.8 Å². The molecule has 2 unspecified atom stereocenters. The van der Waals surface area contributed by atoms with Gasteiger partial charge in [0.1, 0.15) is 0 Å². The number of carboxylic acid groups (broad SMARTS) is 1. The molecule has 0 aliphatic carbocycles. The minimum Gasteiger partial charge on any atom is -0.481 e. The van der Waals surface area contributed by atoms with E-state index in [2.05, 4.69) is 0 Å². The first-order chi connectivity index (χ1) is 9.51. The number of aliphatic carboxylic acids is 1. The quantitative estimate of drug-likeness (QED) is 0.901. The molecular formula is C15H19F2NO2. The summed E-state index contributed by atoms with van der Waals surface area (Å²) < 4.78 is 26.1. The second-order valence-electron chi connectivity index (χ2n) is 5.38. The largest absolute Gasteiger partial charge is 0.481 e. The lowest BCUT2D eigenvalue weighted by Crippen LogP contribution is -2.22. The Bertz CT molecular complexity index is 493. The molecule has 0 aromatic heterocycles. The van der Waals surface area contributed by atoms with Crippen molar-refractivity contribution in [3.8, 4) is 0 Å². The summed E-state index contributed by atoms with van der Waals surface area (Å²) in [5.41, 5.74) is 0.662. The van der Waals surface area contributed by atoms with Gasteiger partial charge < -0.3 is 10.0 Å². The number of nitrogens with zero attached hydrogens (tertiary/aromatic N) is 1. The predicted octanol–water partition coefficient (Wildman–Crippen LogP) is 3.29. The van der Waals surface area contributed by atoms with Crippen LogP contribution in [-0.4, -0.2) is 24.2 Å². The third-order valence-electron chi connectivity index (χ3n) is 4.01. The first kappa shape index (κ1) is 14.8. The second kappa shape index (κ2) is 6.20. The van der Waals surface area contributed by atoms with E-state index in [4.69, 9.17) is 5.11 Å². The second-order valence-corrected chi connectivity index (χ2v) is 5.38. The molecule has 1 heterocycles. The molecule has 0 spiro atoms. The van der Waals surface area contributed by atoms with E-state index in [1.807, 2.05) is 11.8 Å². The van der Waals surface area contributed by atoms with Gasteiger partial charge in [-0.3, -0.25) is 4.79 Å². The van der Waals surface area contributed by atoms with E-state index >= 15 is 0 Å². The van der Waals surface area contributed by atoms with Crippen molar-refractivity contribution in [2.75, 3.05) is 18.0 Å². The van der Waals surface area contributed by atoms with Crippen LogP contribution in [0.25, 0.3) is 0 Å². The highest BCUT2D eigenvalue weighted by atomic mass is 19.2. The third-order valence-corrected chi connectivity index (χ3v) is 4.01. The molecule has 0 amide bonds. The van der Waals surface area contributed by atoms with Crippen molar-refractivity contribution in [1.29, 1.82) is 0 Å². The molecule has 1 aromatic carbocycles. The molecule has 0 bridgehead atoms.